The van der Waals surface area contributed by atoms with Gasteiger partial charge in [0.25, 0.3) is 0 Å². The van der Waals surface area contributed by atoms with Crippen molar-refractivity contribution in [2.75, 3.05) is 19.7 Å². The Morgan fingerprint density at radius 1 is 1.15 bits per heavy atom. The molecule has 4 heterocycles. The van der Waals surface area contributed by atoms with Gasteiger partial charge in [0.2, 0.25) is 0 Å². The molecular formula is C37H64N4O7. The van der Waals surface area contributed by atoms with Crippen molar-refractivity contribution in [3.63, 3.8) is 0 Å². The zero-order chi connectivity index (χ0) is 34.6. The van der Waals surface area contributed by atoms with E-state index in [-0.39, 0.29) is 43.0 Å². The monoisotopic (exact) mass is 676 g/mol. The number of hydrogen-bond donors (Lipinski definition) is 6. The van der Waals surface area contributed by atoms with Crippen LogP contribution in [-0.2, 0) is 23.8 Å². The first-order valence-electron chi connectivity index (χ1n) is 18.9. The maximum absolute atomic E-state index is 13.6. The molecule has 48 heavy (non-hydrogen) atoms. The highest BCUT2D eigenvalue weighted by Gasteiger charge is 2.62. The molecule has 0 aromatic carbocycles. The number of carbonyl (C=O) groups is 2. The van der Waals surface area contributed by atoms with Crippen LogP contribution in [0.4, 0.5) is 0 Å². The molecule has 274 valence electrons. The fourth-order valence-electron chi connectivity index (χ4n) is 9.63. The Hall–Kier alpha value is -1.44. The van der Waals surface area contributed by atoms with Crippen LogP contribution >= 0.6 is 0 Å². The zero-order valence-corrected chi connectivity index (χ0v) is 29.8. The molecule has 5 aliphatic rings. The molecule has 11 nitrogen and oxygen atoms in total. The van der Waals surface area contributed by atoms with Crippen LogP contribution in [0.3, 0.4) is 0 Å². The number of nitrogens with two attached hydrogens (primary N) is 2. The van der Waals surface area contributed by atoms with Crippen molar-refractivity contribution in [2.24, 2.45) is 47.0 Å². The molecule has 11 heteroatoms. The quantitative estimate of drug-likeness (QED) is 0.102. The van der Waals surface area contributed by atoms with Gasteiger partial charge in [0, 0.05) is 23.8 Å². The minimum atomic E-state index is -1.00. The first-order valence-corrected chi connectivity index (χ1v) is 18.9. The maximum Gasteiger partial charge on any atom is 0.333 e. The number of aliphatic hydroxyl groups excluding tert-OH is 2. The van der Waals surface area contributed by atoms with Crippen molar-refractivity contribution in [1.29, 1.82) is 0 Å². The van der Waals surface area contributed by atoms with Gasteiger partial charge < -0.3 is 46.5 Å². The summed E-state index contributed by atoms with van der Waals surface area (Å²) in [5, 5.41) is 28.9. The smallest absolute Gasteiger partial charge is 0.333 e. The molecule has 4 saturated heterocycles. The highest BCUT2D eigenvalue weighted by Crippen LogP contribution is 2.53. The van der Waals surface area contributed by atoms with Gasteiger partial charge in [-0.1, -0.05) is 38.7 Å². The van der Waals surface area contributed by atoms with Crippen LogP contribution < -0.4 is 22.1 Å². The van der Waals surface area contributed by atoms with E-state index in [9.17, 15) is 19.8 Å². The number of aliphatic hydroxyl groups is 2. The first-order chi connectivity index (χ1) is 23.0. The van der Waals surface area contributed by atoms with Gasteiger partial charge in [-0.25, -0.2) is 4.79 Å². The third-order valence-corrected chi connectivity index (χ3v) is 12.5. The molecule has 5 fully saturated rings. The summed E-state index contributed by atoms with van der Waals surface area (Å²) in [5.41, 5.74) is 12.3. The summed E-state index contributed by atoms with van der Waals surface area (Å²) in [7, 11) is 0. The molecule has 1 saturated carbocycles. The van der Waals surface area contributed by atoms with Crippen LogP contribution in [0, 0.1) is 35.5 Å². The number of fused-ring (bicyclic) bond motifs is 2. The average Bonchev–Trinajstić information content (AvgIpc) is 3.06. The number of rotatable bonds is 12. The number of ether oxygens (including phenoxy) is 3. The second kappa shape index (κ2) is 16.7. The van der Waals surface area contributed by atoms with Crippen LogP contribution in [0.25, 0.3) is 0 Å². The highest BCUT2D eigenvalue weighted by molar-refractivity contribution is 5.87. The number of hydrogen-bond acceptors (Lipinski definition) is 11. The molecule has 8 N–H and O–H groups in total. The number of ketones is 1. The predicted molar refractivity (Wildman–Crippen MR) is 183 cm³/mol. The zero-order valence-electron chi connectivity index (χ0n) is 29.8. The molecular weight excluding hydrogens is 612 g/mol. The molecule has 0 aromatic heterocycles. The van der Waals surface area contributed by atoms with Crippen molar-refractivity contribution in [3.05, 3.63) is 11.6 Å². The third-order valence-electron chi connectivity index (χ3n) is 12.5. The minimum Gasteiger partial charge on any atom is -0.456 e. The molecule has 4 aliphatic heterocycles. The Morgan fingerprint density at radius 2 is 1.94 bits per heavy atom. The fraction of sp³-hybridized carbons (Fsp3) is 0.892. The largest absolute Gasteiger partial charge is 0.456 e. The summed E-state index contributed by atoms with van der Waals surface area (Å²) in [4.78, 5) is 27.0. The molecule has 5 rings (SSSR count). The third kappa shape index (κ3) is 8.53. The van der Waals surface area contributed by atoms with E-state index in [1.165, 1.54) is 0 Å². The van der Waals surface area contributed by atoms with Gasteiger partial charge in [0.1, 0.15) is 17.5 Å². The summed E-state index contributed by atoms with van der Waals surface area (Å²) in [6, 6.07) is 0. The van der Waals surface area contributed by atoms with E-state index < -0.39 is 48.0 Å². The lowest BCUT2D eigenvalue weighted by Crippen LogP contribution is -2.68. The summed E-state index contributed by atoms with van der Waals surface area (Å²) >= 11 is 0. The van der Waals surface area contributed by atoms with Gasteiger partial charge in [-0.15, -0.1) is 0 Å². The Balaban J connectivity index is 1.50. The Kier molecular flexibility index (Phi) is 13.2. The Bertz CT molecular complexity index is 1120. The summed E-state index contributed by atoms with van der Waals surface area (Å²) in [5.74, 6) is -0.702. The molecule has 0 radical (unpaired) electrons. The fourth-order valence-corrected chi connectivity index (χ4v) is 9.63. The van der Waals surface area contributed by atoms with Crippen molar-refractivity contribution in [1.82, 2.24) is 10.6 Å². The number of unbranched alkanes of at least 4 members (excludes halogenated alkanes) is 2. The van der Waals surface area contributed by atoms with Crippen molar-refractivity contribution in [2.45, 2.75) is 153 Å². The number of piperidine rings is 2. The first kappa shape index (κ1) is 37.8. The lowest BCUT2D eigenvalue weighted by molar-refractivity contribution is -0.288. The van der Waals surface area contributed by atoms with E-state index in [1.54, 1.807) is 13.0 Å². The molecule has 0 amide bonds. The van der Waals surface area contributed by atoms with Crippen LogP contribution in [0.1, 0.15) is 105 Å². The Morgan fingerprint density at radius 3 is 2.60 bits per heavy atom. The van der Waals surface area contributed by atoms with E-state index in [1.807, 2.05) is 6.92 Å². The predicted octanol–water partition coefficient (Wildman–Crippen LogP) is 2.90. The second-order valence-electron chi connectivity index (χ2n) is 15.9. The Labute approximate surface area is 287 Å². The normalized spacial score (nSPS) is 42.8. The maximum atomic E-state index is 13.6. The van der Waals surface area contributed by atoms with Crippen molar-refractivity contribution in [3.8, 4) is 0 Å². The lowest BCUT2D eigenvalue weighted by atomic mass is 9.60. The molecule has 14 atom stereocenters. The number of esters is 1. The summed E-state index contributed by atoms with van der Waals surface area (Å²) < 4.78 is 20.2. The van der Waals surface area contributed by atoms with Crippen LogP contribution in [0.5, 0.6) is 0 Å². The molecule has 0 aromatic rings. The van der Waals surface area contributed by atoms with Gasteiger partial charge in [-0.3, -0.25) is 4.79 Å². The van der Waals surface area contributed by atoms with Crippen LogP contribution in [0.15, 0.2) is 11.6 Å². The number of Topliss-reactive ketones (excluding diaryl/α,β-unsaturated/α-hetero) is 1. The molecule has 0 bridgehead atoms. The van der Waals surface area contributed by atoms with Gasteiger partial charge >= 0.3 is 5.97 Å². The van der Waals surface area contributed by atoms with Crippen molar-refractivity contribution >= 4 is 11.8 Å². The molecule has 14 unspecified atom stereocenters. The molecule has 0 spiro atoms. The van der Waals surface area contributed by atoms with E-state index in [4.69, 9.17) is 25.7 Å². The van der Waals surface area contributed by atoms with E-state index in [0.717, 1.165) is 70.9 Å². The number of allylic oxidation sites excluding steroid dienone is 1. The van der Waals surface area contributed by atoms with E-state index >= 15 is 0 Å². The van der Waals surface area contributed by atoms with Gasteiger partial charge in [-0.05, 0) is 96.6 Å². The highest BCUT2D eigenvalue weighted by atomic mass is 16.6. The van der Waals surface area contributed by atoms with Crippen LogP contribution in [-0.4, -0.2) is 90.1 Å². The SMILES string of the molecule is CC=C(C)C(=O)OC1CC2C(O)C3C(=O)CC(CO)OC3C(CC3CCNC(N)C3)C2OC1(C)CC(CCCCC)C1CCC(N)NC1. The lowest BCUT2D eigenvalue weighted by Gasteiger charge is -2.58. The van der Waals surface area contributed by atoms with Crippen LogP contribution in [0.2, 0.25) is 0 Å². The molecule has 1 aliphatic carbocycles. The van der Waals surface area contributed by atoms with Gasteiger partial charge in [0.15, 0.2) is 0 Å². The number of nitrogens with one attached hydrogen (secondary N) is 2. The minimum absolute atomic E-state index is 0.0128. The van der Waals surface area contributed by atoms with E-state index in [2.05, 4.69) is 24.5 Å². The van der Waals surface area contributed by atoms with Crippen molar-refractivity contribution < 1.29 is 34.0 Å². The summed E-state index contributed by atoms with van der Waals surface area (Å²) in [6.07, 6.45) is 8.62. The topological polar surface area (TPSA) is 178 Å². The van der Waals surface area contributed by atoms with E-state index in [0.29, 0.717) is 36.2 Å². The second-order valence-corrected chi connectivity index (χ2v) is 15.9. The average molecular weight is 677 g/mol. The summed E-state index contributed by atoms with van der Waals surface area (Å²) in [6.45, 7) is 9.32. The van der Waals surface area contributed by atoms with Gasteiger partial charge in [0.05, 0.1) is 49.3 Å². The number of carbonyl (C=O) groups excluding carboxylic acids is 2. The standard InChI is InChI=1S/C37H64N4O7/c1-5-7-8-9-23(24-10-11-30(38)41-19-24)18-37(4)29(47-36(45)21(3)6-2)17-26-33(44)32-28(43)16-25(20-42)46-35(32)27(34(26)48-37)14-22-12-13-40-31(39)15-22/h6,22-27,29-35,40-42,44H,5,7-20,38-39H2,1-4H3. The van der Waals surface area contributed by atoms with Gasteiger partial charge in [-0.2, -0.15) is 0 Å².